The molecule has 35 heavy (non-hydrogen) atoms. The summed E-state index contributed by atoms with van der Waals surface area (Å²) in [6, 6.07) is 30.3. The Bertz CT molecular complexity index is 1600. The molecule has 2 nitrogen and oxygen atoms in total. The molecule has 0 aliphatic carbocycles. The first-order valence-corrected chi connectivity index (χ1v) is 13.7. The van der Waals surface area contributed by atoms with Crippen molar-refractivity contribution in [3.63, 3.8) is 0 Å². The van der Waals surface area contributed by atoms with Crippen molar-refractivity contribution in [3.8, 4) is 11.1 Å². The first-order valence-electron chi connectivity index (χ1n) is 12.1. The second kappa shape index (κ2) is 9.37. The van der Waals surface area contributed by atoms with Crippen LogP contribution in [0.1, 0.15) is 25.3 Å². The number of rotatable bonds is 5. The first-order chi connectivity index (χ1) is 17.2. The second-order valence-electron chi connectivity index (χ2n) is 8.64. The average molecular weight is 491 g/mol. The smallest absolute Gasteiger partial charge is 0.117 e. The maximum Gasteiger partial charge on any atom is 0.117 e. The quantitative estimate of drug-likeness (QED) is 0.244. The molecule has 1 aliphatic heterocycles. The van der Waals surface area contributed by atoms with Gasteiger partial charge in [0, 0.05) is 16.8 Å². The minimum Gasteiger partial charge on any atom is -0.335 e. The summed E-state index contributed by atoms with van der Waals surface area (Å²) in [6.45, 7) is 5.39. The average Bonchev–Trinajstić information content (AvgIpc) is 3.48. The molecule has 4 aromatic carbocycles. The van der Waals surface area contributed by atoms with Gasteiger partial charge in [-0.15, -0.1) is 11.3 Å². The van der Waals surface area contributed by atoms with Crippen molar-refractivity contribution in [3.05, 3.63) is 107 Å². The molecule has 1 aromatic heterocycles. The summed E-state index contributed by atoms with van der Waals surface area (Å²) in [5.41, 5.74) is 6.22. The zero-order valence-electron chi connectivity index (χ0n) is 19.9. The van der Waals surface area contributed by atoms with Gasteiger partial charge in [0.15, 0.2) is 0 Å². The molecule has 0 amide bonds. The lowest BCUT2D eigenvalue weighted by atomic mass is 10.0. The van der Waals surface area contributed by atoms with E-state index >= 15 is 0 Å². The van der Waals surface area contributed by atoms with Crippen molar-refractivity contribution in [1.29, 1.82) is 0 Å². The van der Waals surface area contributed by atoms with Crippen molar-refractivity contribution in [2.24, 2.45) is 0 Å². The third-order valence-corrected chi connectivity index (χ3v) is 8.56. The Labute approximate surface area is 214 Å². The third kappa shape index (κ3) is 4.18. The number of aromatic nitrogens is 1. The molecule has 0 saturated carbocycles. The van der Waals surface area contributed by atoms with E-state index in [9.17, 15) is 0 Å². The summed E-state index contributed by atoms with van der Waals surface area (Å²) in [5, 5.41) is 4.82. The summed E-state index contributed by atoms with van der Waals surface area (Å²) in [4.78, 5) is 8.77. The molecule has 4 heteroatoms. The van der Waals surface area contributed by atoms with Gasteiger partial charge in [0.25, 0.3) is 0 Å². The van der Waals surface area contributed by atoms with Crippen molar-refractivity contribution >= 4 is 55.9 Å². The van der Waals surface area contributed by atoms with E-state index in [1.807, 2.05) is 11.8 Å². The molecule has 6 rings (SSSR count). The van der Waals surface area contributed by atoms with Crippen LogP contribution in [0.5, 0.6) is 0 Å². The molecule has 0 N–H and O–H groups in total. The van der Waals surface area contributed by atoms with E-state index in [1.54, 1.807) is 11.3 Å². The van der Waals surface area contributed by atoms with Gasteiger partial charge in [-0.25, -0.2) is 4.98 Å². The van der Waals surface area contributed by atoms with Crippen LogP contribution in [0.2, 0.25) is 0 Å². The fourth-order valence-corrected chi connectivity index (χ4v) is 6.79. The van der Waals surface area contributed by atoms with Crippen molar-refractivity contribution in [2.45, 2.75) is 25.2 Å². The Morgan fingerprint density at radius 3 is 2.54 bits per heavy atom. The van der Waals surface area contributed by atoms with Crippen LogP contribution < -0.4 is 4.90 Å². The van der Waals surface area contributed by atoms with Gasteiger partial charge in [-0.3, -0.25) is 0 Å². The van der Waals surface area contributed by atoms with E-state index in [4.69, 9.17) is 4.98 Å². The van der Waals surface area contributed by atoms with Gasteiger partial charge >= 0.3 is 0 Å². The molecule has 1 aliphatic rings. The number of nitrogens with zero attached hydrogens (tertiary/aromatic N) is 2. The van der Waals surface area contributed by atoms with Crippen LogP contribution in [0.15, 0.2) is 107 Å². The number of hydrogen-bond acceptors (Lipinski definition) is 4. The molecule has 172 valence electrons. The highest BCUT2D eigenvalue weighted by Crippen LogP contribution is 2.47. The topological polar surface area (TPSA) is 16.1 Å². The number of hydrogen-bond donors (Lipinski definition) is 0. The molecule has 0 unspecified atom stereocenters. The fourth-order valence-electron chi connectivity index (χ4n) is 4.65. The normalized spacial score (nSPS) is 14.9. The van der Waals surface area contributed by atoms with Crippen molar-refractivity contribution in [2.75, 3.05) is 11.4 Å². The van der Waals surface area contributed by atoms with Gasteiger partial charge in [-0.05, 0) is 65.8 Å². The second-order valence-corrected chi connectivity index (χ2v) is 10.8. The first kappa shape index (κ1) is 22.1. The highest BCUT2D eigenvalue weighted by molar-refractivity contribution is 8.03. The van der Waals surface area contributed by atoms with E-state index in [1.165, 1.54) is 47.8 Å². The molecular formula is C31H26N2S2. The van der Waals surface area contributed by atoms with Crippen LogP contribution in [0.3, 0.4) is 0 Å². The molecule has 0 bridgehead atoms. The van der Waals surface area contributed by atoms with E-state index in [0.29, 0.717) is 0 Å². The van der Waals surface area contributed by atoms with Crippen molar-refractivity contribution < 1.29 is 0 Å². The predicted molar refractivity (Wildman–Crippen MR) is 154 cm³/mol. The summed E-state index contributed by atoms with van der Waals surface area (Å²) in [7, 11) is 0. The van der Waals surface area contributed by atoms with Crippen LogP contribution in [0.4, 0.5) is 5.69 Å². The largest absolute Gasteiger partial charge is 0.335 e. The Kier molecular flexibility index (Phi) is 5.93. The summed E-state index contributed by atoms with van der Waals surface area (Å²) < 4.78 is 1.24. The highest BCUT2D eigenvalue weighted by atomic mass is 32.2. The zero-order chi connectivity index (χ0) is 23.8. The number of thioether (sulfide) groups is 1. The number of benzene rings is 4. The van der Waals surface area contributed by atoms with Gasteiger partial charge in [0.1, 0.15) is 5.01 Å². The van der Waals surface area contributed by atoms with Gasteiger partial charge in [-0.1, -0.05) is 85.4 Å². The number of anilines is 1. The maximum atomic E-state index is 5.02. The van der Waals surface area contributed by atoms with E-state index in [0.717, 1.165) is 23.5 Å². The fraction of sp³-hybridized carbons (Fsp3) is 0.129. The predicted octanol–water partition coefficient (Wildman–Crippen LogP) is 9.38. The molecule has 5 aromatic rings. The lowest BCUT2D eigenvalue weighted by Gasteiger charge is -2.19. The Balaban J connectivity index is 1.35. The lowest BCUT2D eigenvalue weighted by Crippen LogP contribution is -2.16. The molecule has 0 fully saturated rings. The minimum atomic E-state index is 0.939. The SMILES string of the molecule is CCC(=Cc1nc2c(ccc3ccccc32)s1)C=C1Sc2ccc(-c3ccccc3)cc2N1CC. The summed E-state index contributed by atoms with van der Waals surface area (Å²) >= 11 is 3.63. The van der Waals surface area contributed by atoms with Crippen LogP contribution >= 0.6 is 23.1 Å². The molecule has 2 heterocycles. The lowest BCUT2D eigenvalue weighted by molar-refractivity contribution is 0.998. The maximum absolute atomic E-state index is 5.02. The minimum absolute atomic E-state index is 0.939. The van der Waals surface area contributed by atoms with Crippen LogP contribution in [0, 0.1) is 0 Å². The van der Waals surface area contributed by atoms with Crippen molar-refractivity contribution in [1.82, 2.24) is 4.98 Å². The van der Waals surface area contributed by atoms with E-state index in [-0.39, 0.29) is 0 Å². The molecule has 0 atom stereocenters. The number of thiazole rings is 1. The third-order valence-electron chi connectivity index (χ3n) is 6.48. The van der Waals surface area contributed by atoms with Crippen LogP contribution in [-0.2, 0) is 0 Å². The molecule has 0 radical (unpaired) electrons. The Morgan fingerprint density at radius 1 is 0.886 bits per heavy atom. The molecule has 0 spiro atoms. The van der Waals surface area contributed by atoms with Gasteiger partial charge in [0.2, 0.25) is 0 Å². The van der Waals surface area contributed by atoms with Gasteiger partial charge < -0.3 is 4.90 Å². The van der Waals surface area contributed by atoms with Crippen LogP contribution in [0.25, 0.3) is 38.2 Å². The van der Waals surface area contributed by atoms with Crippen LogP contribution in [-0.4, -0.2) is 11.5 Å². The zero-order valence-corrected chi connectivity index (χ0v) is 21.5. The summed E-state index contributed by atoms with van der Waals surface area (Å²) in [5.74, 6) is 0. The Hall–Kier alpha value is -3.34. The monoisotopic (exact) mass is 490 g/mol. The van der Waals surface area contributed by atoms with E-state index < -0.39 is 0 Å². The standard InChI is InChI=1S/C31H26N2S2/c1-3-21(18-29-32-31-25-13-9-8-12-23(25)14-17-28(31)34-29)19-30-33(4-2)26-20-24(15-16-27(26)35-30)22-10-6-5-7-11-22/h5-20H,3-4H2,1-2H3. The number of allylic oxidation sites excluding steroid dienone is 2. The summed E-state index contributed by atoms with van der Waals surface area (Å²) in [6.07, 6.45) is 5.57. The van der Waals surface area contributed by atoms with E-state index in [2.05, 4.69) is 116 Å². The molecule has 0 saturated heterocycles. The highest BCUT2D eigenvalue weighted by Gasteiger charge is 2.24. The van der Waals surface area contributed by atoms with Gasteiger partial charge in [0.05, 0.1) is 20.9 Å². The molecular weight excluding hydrogens is 464 g/mol. The Morgan fingerprint density at radius 2 is 1.71 bits per heavy atom. The van der Waals surface area contributed by atoms with Gasteiger partial charge in [-0.2, -0.15) is 0 Å². The number of fused-ring (bicyclic) bond motifs is 4.